The Bertz CT molecular complexity index is 787. The molecule has 2 rings (SSSR count). The Morgan fingerprint density at radius 2 is 1.25 bits per heavy atom. The van der Waals surface area contributed by atoms with Gasteiger partial charge in [0.25, 0.3) is 0 Å². The Kier molecular flexibility index (Phi) is 6.89. The van der Waals surface area contributed by atoms with Crippen molar-refractivity contribution in [3.8, 4) is 0 Å². The van der Waals surface area contributed by atoms with Gasteiger partial charge in [-0.05, 0) is 24.1 Å². The summed E-state index contributed by atoms with van der Waals surface area (Å²) in [4.78, 5) is 0. The van der Waals surface area contributed by atoms with Gasteiger partial charge in [-0.15, -0.1) is 13.1 Å². The highest BCUT2D eigenvalue weighted by Crippen LogP contribution is 2.53. The summed E-state index contributed by atoms with van der Waals surface area (Å²) in [6, 6.07) is 7.99. The van der Waals surface area contributed by atoms with E-state index in [1.54, 1.807) is 18.2 Å². The summed E-state index contributed by atoms with van der Waals surface area (Å²) >= 11 is 11.7. The van der Waals surface area contributed by atoms with Crippen LogP contribution in [0.2, 0.25) is 10.0 Å². The highest BCUT2D eigenvalue weighted by molar-refractivity contribution is 6.42. The number of rotatable bonds is 6. The zero-order chi connectivity index (χ0) is 21.2. The second kappa shape index (κ2) is 8.47. The van der Waals surface area contributed by atoms with E-state index in [0.29, 0.717) is 40.7 Å². The van der Waals surface area contributed by atoms with E-state index in [9.17, 15) is 30.7 Å². The van der Waals surface area contributed by atoms with E-state index in [-0.39, 0.29) is 6.54 Å². The van der Waals surface area contributed by atoms with Crippen molar-refractivity contribution in [3.05, 3.63) is 74.5 Å². The molecule has 1 nitrogen and oxygen atoms in total. The molecule has 2 aromatic rings. The van der Waals surface area contributed by atoms with Gasteiger partial charge in [-0.3, -0.25) is 0 Å². The summed E-state index contributed by atoms with van der Waals surface area (Å²) in [6.07, 6.45) is -11.7. The van der Waals surface area contributed by atoms with E-state index >= 15 is 0 Å². The van der Waals surface area contributed by atoms with Crippen molar-refractivity contribution >= 4 is 23.2 Å². The van der Waals surface area contributed by atoms with Crippen LogP contribution in [0.5, 0.6) is 0 Å². The summed E-state index contributed by atoms with van der Waals surface area (Å²) in [5.74, 6) is 0. The molecule has 0 saturated heterocycles. The lowest BCUT2D eigenvalue weighted by Crippen LogP contribution is -2.50. The molecule has 0 amide bonds. The number of hydrogen-bond donors (Lipinski definition) is 0. The lowest BCUT2D eigenvalue weighted by molar-refractivity contribution is -0.348. The molecule has 0 bridgehead atoms. The van der Waals surface area contributed by atoms with Crippen molar-refractivity contribution in [2.75, 3.05) is 6.54 Å². The highest BCUT2D eigenvalue weighted by Gasteiger charge is 2.73. The molecule has 0 saturated carbocycles. The fraction of sp³-hybridized carbons (Fsp3) is 0.333. The molecular weight excluding hydrogens is 434 g/mol. The molecule has 2 aromatic carbocycles. The van der Waals surface area contributed by atoms with Gasteiger partial charge in [-0.2, -0.15) is 26.3 Å². The third kappa shape index (κ3) is 4.90. The molecule has 28 heavy (non-hydrogen) atoms. The van der Waals surface area contributed by atoms with E-state index in [1.807, 2.05) is 0 Å². The average Bonchev–Trinajstić information content (AvgIpc) is 2.59. The molecule has 0 heterocycles. The third-order valence-electron chi connectivity index (χ3n) is 3.97. The number of hydrogen-bond acceptors (Lipinski definition) is 0. The first-order valence-corrected chi connectivity index (χ1v) is 8.61. The first kappa shape index (κ1) is 22.8. The van der Waals surface area contributed by atoms with Gasteiger partial charge in [-0.25, -0.2) is 4.39 Å². The number of nitrogens with zero attached hydrogens (tertiary/aromatic N) is 1. The van der Waals surface area contributed by atoms with Gasteiger partial charge in [0, 0.05) is 5.56 Å². The Morgan fingerprint density at radius 1 is 0.714 bits per heavy atom. The molecule has 0 aliphatic heterocycles. The van der Waals surface area contributed by atoms with Crippen LogP contribution in [0, 0.1) is 0 Å². The molecule has 0 radical (unpaired) electrons. The molecule has 0 atom stereocenters. The Morgan fingerprint density at radius 3 is 1.75 bits per heavy atom. The van der Waals surface area contributed by atoms with E-state index in [0.717, 1.165) is 17.7 Å². The highest BCUT2D eigenvalue weighted by atomic mass is 35.5. The maximum atomic E-state index is 13.9. The third-order valence-corrected chi connectivity index (χ3v) is 4.71. The monoisotopic (exact) mass is 446 g/mol. The second-order valence-corrected chi connectivity index (χ2v) is 6.77. The summed E-state index contributed by atoms with van der Waals surface area (Å²) in [5, 5.41) is 4.96. The Balaban J connectivity index is 1.99. The number of alkyl halides is 7. The topological polar surface area (TPSA) is 14.1 Å². The van der Waals surface area contributed by atoms with Crippen LogP contribution in [-0.2, 0) is 18.6 Å². The first-order valence-electron chi connectivity index (χ1n) is 7.85. The zero-order valence-electron chi connectivity index (χ0n) is 14.0. The van der Waals surface area contributed by atoms with Crippen LogP contribution in [-0.4, -0.2) is 18.9 Å². The van der Waals surface area contributed by atoms with Crippen LogP contribution >= 0.6 is 23.2 Å². The molecule has 10 heteroatoms. The van der Waals surface area contributed by atoms with Crippen molar-refractivity contribution in [1.29, 1.82) is 0 Å². The van der Waals surface area contributed by atoms with Crippen LogP contribution in [0.1, 0.15) is 16.7 Å². The summed E-state index contributed by atoms with van der Waals surface area (Å²) < 4.78 is 90.2. The smallest absolute Gasteiger partial charge is 0.435 e. The second-order valence-electron chi connectivity index (χ2n) is 5.95. The first-order chi connectivity index (χ1) is 12.9. The van der Waals surface area contributed by atoms with Crippen molar-refractivity contribution in [3.63, 3.8) is 0 Å². The van der Waals surface area contributed by atoms with Crippen molar-refractivity contribution < 1.29 is 30.7 Å². The molecule has 0 aliphatic carbocycles. The normalized spacial score (nSPS) is 13.0. The van der Waals surface area contributed by atoms with Crippen LogP contribution < -0.4 is 0 Å². The molecule has 0 aliphatic rings. The van der Waals surface area contributed by atoms with Gasteiger partial charge in [0.1, 0.15) is 0 Å². The molecule has 0 aromatic heterocycles. The summed E-state index contributed by atoms with van der Waals surface area (Å²) in [7, 11) is 0. The van der Waals surface area contributed by atoms with Gasteiger partial charge >= 0.3 is 18.0 Å². The van der Waals surface area contributed by atoms with E-state index in [2.05, 4.69) is 5.32 Å². The number of benzene rings is 2. The molecule has 0 unspecified atom stereocenters. The van der Waals surface area contributed by atoms with Crippen LogP contribution in [0.3, 0.4) is 0 Å². The van der Waals surface area contributed by atoms with Crippen molar-refractivity contribution in [2.24, 2.45) is 0 Å². The minimum atomic E-state index is -6.13. The average molecular weight is 447 g/mol. The van der Waals surface area contributed by atoms with Gasteiger partial charge in [-0.1, -0.05) is 59.1 Å². The SMILES string of the molecule is FC(F)(F)C(F)(c1ccc(C[N-]CCc2ccc(Cl)c(Cl)c2)cc1)C(F)(F)F. The lowest BCUT2D eigenvalue weighted by Gasteiger charge is -2.30. The molecule has 0 fully saturated rings. The van der Waals surface area contributed by atoms with E-state index < -0.39 is 23.6 Å². The zero-order valence-corrected chi connectivity index (χ0v) is 15.5. The number of halogens is 9. The fourth-order valence-corrected chi connectivity index (χ4v) is 2.76. The predicted molar refractivity (Wildman–Crippen MR) is 93.4 cm³/mol. The van der Waals surface area contributed by atoms with Gasteiger partial charge in [0.2, 0.25) is 0 Å². The van der Waals surface area contributed by atoms with Crippen LogP contribution in [0.15, 0.2) is 42.5 Å². The Labute approximate surface area is 166 Å². The lowest BCUT2D eigenvalue weighted by atomic mass is 9.93. The fourth-order valence-electron chi connectivity index (χ4n) is 2.44. The Hall–Kier alpha value is -1.51. The van der Waals surface area contributed by atoms with Gasteiger partial charge < -0.3 is 5.32 Å². The summed E-state index contributed by atoms with van der Waals surface area (Å²) in [6.45, 7) is 0.400. The minimum absolute atomic E-state index is 0.0545. The van der Waals surface area contributed by atoms with Crippen molar-refractivity contribution in [1.82, 2.24) is 0 Å². The molecule has 154 valence electrons. The standard InChI is InChI=1S/C18H13Cl2F7N/c19-14-6-3-11(9-15(14)20)7-8-28-10-12-1-4-13(5-2-12)16(21,17(22,23)24)18(25,26)27/h1-6,9H,7-8,10H2/q-1. The summed E-state index contributed by atoms with van der Waals surface area (Å²) in [5.41, 5.74) is -5.73. The minimum Gasteiger partial charge on any atom is -0.658 e. The van der Waals surface area contributed by atoms with E-state index in [1.165, 1.54) is 0 Å². The predicted octanol–water partition coefficient (Wildman–Crippen LogP) is 7.40. The quantitative estimate of drug-likeness (QED) is 0.324. The molecule has 0 spiro atoms. The molecular formula is C18H13Cl2F7N-. The largest absolute Gasteiger partial charge is 0.658 e. The van der Waals surface area contributed by atoms with Gasteiger partial charge in [0.15, 0.2) is 0 Å². The molecule has 0 N–H and O–H groups in total. The van der Waals surface area contributed by atoms with Crippen molar-refractivity contribution in [2.45, 2.75) is 31.0 Å². The van der Waals surface area contributed by atoms with Crippen LogP contribution in [0.25, 0.3) is 5.32 Å². The maximum Gasteiger partial charge on any atom is 0.435 e. The van der Waals surface area contributed by atoms with Gasteiger partial charge in [0.05, 0.1) is 10.0 Å². The maximum absolute atomic E-state index is 13.9. The van der Waals surface area contributed by atoms with E-state index in [4.69, 9.17) is 23.2 Å². The van der Waals surface area contributed by atoms with Crippen LogP contribution in [0.4, 0.5) is 30.7 Å².